The van der Waals surface area contributed by atoms with Gasteiger partial charge in [0.05, 0.1) is 11.1 Å². The molecule has 2 aromatic carbocycles. The summed E-state index contributed by atoms with van der Waals surface area (Å²) in [7, 11) is 0. The molecule has 13 heteroatoms. The summed E-state index contributed by atoms with van der Waals surface area (Å²) >= 11 is 0. The van der Waals surface area contributed by atoms with Crippen LogP contribution in [0.5, 0.6) is 5.75 Å². The number of nitrogens with one attached hydrogen (secondary N) is 1. The Kier molecular flexibility index (Phi) is 6.20. The minimum atomic E-state index is -4.76. The van der Waals surface area contributed by atoms with Crippen molar-refractivity contribution in [2.45, 2.75) is 6.18 Å². The summed E-state index contributed by atoms with van der Waals surface area (Å²) in [5.41, 5.74) is -3.28. The number of carbonyl (C=O) groups excluding carboxylic acids is 1. The molecule has 2 rings (SSSR count). The van der Waals surface area contributed by atoms with E-state index >= 15 is 0 Å². The van der Waals surface area contributed by atoms with Crippen LogP contribution in [0.3, 0.4) is 0 Å². The molecule has 0 radical (unpaired) electrons. The van der Waals surface area contributed by atoms with Crippen LogP contribution in [0.2, 0.25) is 0 Å². The van der Waals surface area contributed by atoms with Crippen molar-refractivity contribution in [1.29, 1.82) is 5.26 Å². The van der Waals surface area contributed by atoms with Gasteiger partial charge < -0.3 is 9.94 Å². The number of halogens is 8. The average Bonchev–Trinajstić information content (AvgIpc) is 2.69. The Morgan fingerprint density at radius 2 is 1.53 bits per heavy atom. The highest BCUT2D eigenvalue weighted by molar-refractivity contribution is 6.03. The third-order valence-electron chi connectivity index (χ3n) is 3.45. The molecular weight excluding hydrogens is 432 g/mol. The van der Waals surface area contributed by atoms with Gasteiger partial charge in [0.25, 0.3) is 5.91 Å². The summed E-state index contributed by atoms with van der Waals surface area (Å²) < 4.78 is 105. The van der Waals surface area contributed by atoms with E-state index in [1.54, 1.807) is 0 Å². The number of aliphatic hydroxyl groups excluding tert-OH is 1. The molecule has 0 saturated heterocycles. The highest BCUT2D eigenvalue weighted by atomic mass is 19.4. The van der Waals surface area contributed by atoms with E-state index in [0.29, 0.717) is 12.1 Å². The first kappa shape index (κ1) is 22.5. The molecule has 0 unspecified atom stereocenters. The number of nitrogens with zero attached hydrogens (tertiary/aromatic N) is 1. The number of nitriles is 1. The van der Waals surface area contributed by atoms with E-state index in [0.717, 1.165) is 18.2 Å². The Hall–Kier alpha value is -3.82. The Balaban J connectivity index is 2.38. The van der Waals surface area contributed by atoms with Crippen molar-refractivity contribution in [3.8, 4) is 11.8 Å². The Labute approximate surface area is 161 Å². The Morgan fingerprint density at radius 3 is 2.03 bits per heavy atom. The zero-order valence-corrected chi connectivity index (χ0v) is 14.0. The van der Waals surface area contributed by atoms with Gasteiger partial charge in [0.1, 0.15) is 6.07 Å². The van der Waals surface area contributed by atoms with Gasteiger partial charge in [-0.1, -0.05) is 6.07 Å². The Bertz CT molecular complexity index is 1060. The molecule has 0 atom stereocenters. The van der Waals surface area contributed by atoms with E-state index in [1.165, 1.54) is 5.48 Å². The van der Waals surface area contributed by atoms with Crippen LogP contribution in [0.1, 0.15) is 11.1 Å². The molecular formula is C17H6F8N2O3. The van der Waals surface area contributed by atoms with Crippen molar-refractivity contribution in [3.05, 3.63) is 70.1 Å². The van der Waals surface area contributed by atoms with Crippen LogP contribution < -0.4 is 10.3 Å². The van der Waals surface area contributed by atoms with Crippen LogP contribution in [0, 0.1) is 40.4 Å². The number of alkyl halides is 3. The van der Waals surface area contributed by atoms with Crippen molar-refractivity contribution < 1.29 is 49.9 Å². The van der Waals surface area contributed by atoms with Gasteiger partial charge in [-0.25, -0.2) is 22.0 Å². The molecule has 0 aromatic heterocycles. The maximum absolute atomic E-state index is 13.7. The number of hydrogen-bond donors (Lipinski definition) is 2. The average molecular weight is 438 g/mol. The van der Waals surface area contributed by atoms with Crippen molar-refractivity contribution >= 4 is 11.7 Å². The summed E-state index contributed by atoms with van der Waals surface area (Å²) in [6.45, 7) is 0. The molecule has 0 bridgehead atoms. The summed E-state index contributed by atoms with van der Waals surface area (Å²) in [5, 5.41) is 18.7. The van der Waals surface area contributed by atoms with Crippen LogP contribution >= 0.6 is 0 Å². The summed E-state index contributed by atoms with van der Waals surface area (Å²) in [4.78, 5) is 16.4. The molecule has 0 aliphatic heterocycles. The first-order valence-corrected chi connectivity index (χ1v) is 7.39. The SMILES string of the molecule is N#C/C(C(=O)NOc1cccc(C(F)(F)F)c1)=C(\O)c1c(F)c(F)c(F)c(F)c1F. The summed E-state index contributed by atoms with van der Waals surface area (Å²) in [6, 6.07) is 3.93. The zero-order valence-electron chi connectivity index (χ0n) is 14.0. The monoisotopic (exact) mass is 438 g/mol. The molecule has 2 N–H and O–H groups in total. The van der Waals surface area contributed by atoms with E-state index in [1.807, 2.05) is 0 Å². The quantitative estimate of drug-likeness (QED) is 0.142. The van der Waals surface area contributed by atoms with Gasteiger partial charge in [0.15, 0.2) is 40.4 Å². The molecule has 0 aliphatic rings. The topological polar surface area (TPSA) is 82.4 Å². The highest BCUT2D eigenvalue weighted by Crippen LogP contribution is 2.31. The van der Waals surface area contributed by atoms with Crippen molar-refractivity contribution in [2.75, 3.05) is 0 Å². The largest absolute Gasteiger partial charge is 0.505 e. The second-order valence-electron chi connectivity index (χ2n) is 5.34. The van der Waals surface area contributed by atoms with Crippen LogP contribution in [-0.4, -0.2) is 11.0 Å². The third kappa shape index (κ3) is 4.27. The normalized spacial score (nSPS) is 12.1. The fourth-order valence-electron chi connectivity index (χ4n) is 2.04. The molecule has 5 nitrogen and oxygen atoms in total. The lowest BCUT2D eigenvalue weighted by Crippen LogP contribution is -2.29. The minimum absolute atomic E-state index is 0.444. The molecule has 30 heavy (non-hydrogen) atoms. The van der Waals surface area contributed by atoms with Gasteiger partial charge in [-0.15, -0.1) is 0 Å². The van der Waals surface area contributed by atoms with Gasteiger partial charge in [0.2, 0.25) is 5.82 Å². The molecule has 0 saturated carbocycles. The first-order chi connectivity index (χ1) is 13.9. The van der Waals surface area contributed by atoms with Gasteiger partial charge in [-0.3, -0.25) is 4.79 Å². The third-order valence-corrected chi connectivity index (χ3v) is 3.45. The highest BCUT2D eigenvalue weighted by Gasteiger charge is 2.32. The van der Waals surface area contributed by atoms with Crippen LogP contribution in [0.4, 0.5) is 35.1 Å². The summed E-state index contributed by atoms with van der Waals surface area (Å²) in [6.07, 6.45) is -4.76. The van der Waals surface area contributed by atoms with Gasteiger partial charge in [0, 0.05) is 0 Å². The van der Waals surface area contributed by atoms with E-state index < -0.39 is 69.4 Å². The van der Waals surface area contributed by atoms with Crippen molar-refractivity contribution in [2.24, 2.45) is 0 Å². The number of amides is 1. The van der Waals surface area contributed by atoms with Gasteiger partial charge >= 0.3 is 6.18 Å². The lowest BCUT2D eigenvalue weighted by molar-refractivity contribution is -0.137. The number of hydroxylamine groups is 1. The second kappa shape index (κ2) is 8.27. The molecule has 1 amide bonds. The predicted octanol–water partition coefficient (Wildman–Crippen LogP) is 4.30. The smallest absolute Gasteiger partial charge is 0.416 e. The van der Waals surface area contributed by atoms with Gasteiger partial charge in [-0.05, 0) is 18.2 Å². The van der Waals surface area contributed by atoms with Crippen LogP contribution in [0.25, 0.3) is 5.76 Å². The molecule has 2 aromatic rings. The maximum Gasteiger partial charge on any atom is 0.416 e. The fraction of sp³-hybridized carbons (Fsp3) is 0.0588. The van der Waals surface area contributed by atoms with Gasteiger partial charge in [-0.2, -0.15) is 23.9 Å². The predicted molar refractivity (Wildman–Crippen MR) is 81.6 cm³/mol. The molecule has 0 spiro atoms. The van der Waals surface area contributed by atoms with E-state index in [4.69, 9.17) is 5.26 Å². The number of benzene rings is 2. The first-order valence-electron chi connectivity index (χ1n) is 7.39. The maximum atomic E-state index is 13.7. The standard InChI is InChI=1S/C17H6F8N2O3/c18-10-9(11(19)13(21)14(22)12(10)20)15(28)8(5-26)16(29)27-30-7-3-1-2-6(4-7)17(23,24)25/h1-4,28H,(H,27,29)/b15-8+. The number of hydrogen-bond acceptors (Lipinski definition) is 4. The molecule has 0 fully saturated rings. The lowest BCUT2D eigenvalue weighted by atomic mass is 10.1. The fourth-order valence-corrected chi connectivity index (χ4v) is 2.04. The van der Waals surface area contributed by atoms with E-state index in [2.05, 4.69) is 4.84 Å². The molecule has 0 aliphatic carbocycles. The second-order valence-corrected chi connectivity index (χ2v) is 5.34. The number of aliphatic hydroxyl groups is 1. The zero-order chi connectivity index (χ0) is 22.8. The number of carbonyl (C=O) groups is 1. The van der Waals surface area contributed by atoms with Crippen LogP contribution in [0.15, 0.2) is 29.8 Å². The van der Waals surface area contributed by atoms with E-state index in [-0.39, 0.29) is 0 Å². The van der Waals surface area contributed by atoms with Crippen molar-refractivity contribution in [1.82, 2.24) is 5.48 Å². The lowest BCUT2D eigenvalue weighted by Gasteiger charge is -2.11. The van der Waals surface area contributed by atoms with E-state index in [9.17, 15) is 45.0 Å². The summed E-state index contributed by atoms with van der Waals surface area (Å²) in [5.74, 6) is -16.8. The van der Waals surface area contributed by atoms with Crippen LogP contribution in [-0.2, 0) is 11.0 Å². The van der Waals surface area contributed by atoms with Crippen molar-refractivity contribution in [3.63, 3.8) is 0 Å². The molecule has 0 heterocycles. The molecule has 158 valence electrons. The number of rotatable bonds is 4. The minimum Gasteiger partial charge on any atom is -0.505 e. The Morgan fingerprint density at radius 1 is 1.00 bits per heavy atom.